The molecule has 0 radical (unpaired) electrons. The van der Waals surface area contributed by atoms with E-state index in [9.17, 15) is 4.79 Å². The highest BCUT2D eigenvalue weighted by Gasteiger charge is 2.25. The van der Waals surface area contributed by atoms with Crippen molar-refractivity contribution in [3.63, 3.8) is 0 Å². The summed E-state index contributed by atoms with van der Waals surface area (Å²) in [5, 5.41) is 0. The molecule has 0 unspecified atom stereocenters. The molecule has 1 saturated carbocycles. The van der Waals surface area contributed by atoms with E-state index in [1.807, 2.05) is 13.0 Å². The molecule has 13 heavy (non-hydrogen) atoms. The molecular weight excluding hydrogens is 164 g/mol. The summed E-state index contributed by atoms with van der Waals surface area (Å²) in [6, 6.07) is 3.68. The van der Waals surface area contributed by atoms with Gasteiger partial charge in [0, 0.05) is 11.6 Å². The van der Waals surface area contributed by atoms with Gasteiger partial charge < -0.3 is 5.73 Å². The van der Waals surface area contributed by atoms with E-state index in [0.29, 0.717) is 11.5 Å². The maximum absolute atomic E-state index is 10.9. The summed E-state index contributed by atoms with van der Waals surface area (Å²) in [7, 11) is 0. The van der Waals surface area contributed by atoms with Crippen LogP contribution in [0.3, 0.4) is 0 Å². The lowest BCUT2D eigenvalue weighted by Crippen LogP contribution is -2.13. The van der Waals surface area contributed by atoms with Gasteiger partial charge in [0.25, 0.3) is 5.91 Å². The second-order valence-corrected chi connectivity index (χ2v) is 3.51. The van der Waals surface area contributed by atoms with E-state index in [-0.39, 0.29) is 0 Å². The van der Waals surface area contributed by atoms with Crippen LogP contribution < -0.4 is 5.73 Å². The average molecular weight is 176 g/mol. The molecule has 2 rings (SSSR count). The van der Waals surface area contributed by atoms with Crippen LogP contribution in [0.15, 0.2) is 12.1 Å². The van der Waals surface area contributed by atoms with Crippen LogP contribution in [0.5, 0.6) is 0 Å². The van der Waals surface area contributed by atoms with Gasteiger partial charge in [-0.2, -0.15) is 0 Å². The Labute approximate surface area is 77.0 Å². The smallest absolute Gasteiger partial charge is 0.250 e. The third-order valence-electron chi connectivity index (χ3n) is 2.37. The minimum atomic E-state index is -0.396. The third-order valence-corrected chi connectivity index (χ3v) is 2.37. The number of hydrogen-bond acceptors (Lipinski definition) is 2. The summed E-state index contributed by atoms with van der Waals surface area (Å²) in [5.41, 5.74) is 7.56. The minimum Gasteiger partial charge on any atom is -0.366 e. The normalized spacial score (nSPS) is 15.8. The highest BCUT2D eigenvalue weighted by Crippen LogP contribution is 2.39. The number of carbonyl (C=O) groups excluding carboxylic acids is 1. The van der Waals surface area contributed by atoms with E-state index in [1.165, 1.54) is 12.8 Å². The number of nitrogens with two attached hydrogens (primary N) is 1. The van der Waals surface area contributed by atoms with Crippen LogP contribution in [0.4, 0.5) is 0 Å². The van der Waals surface area contributed by atoms with E-state index in [0.717, 1.165) is 11.4 Å². The molecule has 1 aromatic heterocycles. The second-order valence-electron chi connectivity index (χ2n) is 3.51. The van der Waals surface area contributed by atoms with Crippen LogP contribution in [0.25, 0.3) is 0 Å². The lowest BCUT2D eigenvalue weighted by Gasteiger charge is -2.03. The van der Waals surface area contributed by atoms with Crippen molar-refractivity contribution in [2.24, 2.45) is 5.73 Å². The molecule has 0 atom stereocenters. The first kappa shape index (κ1) is 8.23. The van der Waals surface area contributed by atoms with Gasteiger partial charge in [-0.25, -0.2) is 0 Å². The predicted octanol–water partition coefficient (Wildman–Crippen LogP) is 1.37. The van der Waals surface area contributed by atoms with Crippen molar-refractivity contribution in [3.05, 3.63) is 29.1 Å². The van der Waals surface area contributed by atoms with Gasteiger partial charge in [-0.3, -0.25) is 9.78 Å². The first-order valence-corrected chi connectivity index (χ1v) is 4.46. The van der Waals surface area contributed by atoms with Crippen LogP contribution in [-0.2, 0) is 0 Å². The molecule has 1 aliphatic carbocycles. The molecule has 1 fully saturated rings. The molecule has 3 heteroatoms. The van der Waals surface area contributed by atoms with Crippen molar-refractivity contribution in [3.8, 4) is 0 Å². The molecule has 68 valence electrons. The lowest BCUT2D eigenvalue weighted by molar-refractivity contribution is 0.0999. The Hall–Kier alpha value is -1.38. The molecule has 1 amide bonds. The Bertz CT molecular complexity index is 356. The molecule has 0 saturated heterocycles. The van der Waals surface area contributed by atoms with Crippen molar-refractivity contribution in [1.29, 1.82) is 0 Å². The Morgan fingerprint density at radius 2 is 2.23 bits per heavy atom. The Morgan fingerprint density at radius 3 is 2.69 bits per heavy atom. The summed E-state index contributed by atoms with van der Waals surface area (Å²) < 4.78 is 0. The van der Waals surface area contributed by atoms with Crippen molar-refractivity contribution in [2.45, 2.75) is 25.7 Å². The largest absolute Gasteiger partial charge is 0.366 e. The van der Waals surface area contributed by atoms with Gasteiger partial charge in [-0.1, -0.05) is 0 Å². The SMILES string of the molecule is Cc1nc(C2CC2)ccc1C(N)=O. The predicted molar refractivity (Wildman–Crippen MR) is 49.5 cm³/mol. The second kappa shape index (κ2) is 2.83. The average Bonchev–Trinajstić information content (AvgIpc) is 2.85. The monoisotopic (exact) mass is 176 g/mol. The lowest BCUT2D eigenvalue weighted by atomic mass is 10.1. The van der Waals surface area contributed by atoms with Gasteiger partial charge in [-0.15, -0.1) is 0 Å². The summed E-state index contributed by atoms with van der Waals surface area (Å²) in [6.07, 6.45) is 2.45. The van der Waals surface area contributed by atoms with Crippen LogP contribution in [0, 0.1) is 6.92 Å². The maximum Gasteiger partial charge on any atom is 0.250 e. The Morgan fingerprint density at radius 1 is 1.54 bits per heavy atom. The fraction of sp³-hybridized carbons (Fsp3) is 0.400. The molecule has 1 heterocycles. The topological polar surface area (TPSA) is 56.0 Å². The molecule has 0 aromatic carbocycles. The summed E-state index contributed by atoms with van der Waals surface area (Å²) in [6.45, 7) is 1.83. The zero-order valence-corrected chi connectivity index (χ0v) is 7.58. The van der Waals surface area contributed by atoms with Gasteiger partial charge >= 0.3 is 0 Å². The fourth-order valence-corrected chi connectivity index (χ4v) is 1.45. The van der Waals surface area contributed by atoms with Crippen LogP contribution in [0.1, 0.15) is 40.5 Å². The van der Waals surface area contributed by atoms with E-state index >= 15 is 0 Å². The van der Waals surface area contributed by atoms with Crippen molar-refractivity contribution in [1.82, 2.24) is 4.98 Å². The molecule has 3 nitrogen and oxygen atoms in total. The molecule has 0 spiro atoms. The molecule has 0 bridgehead atoms. The van der Waals surface area contributed by atoms with Gasteiger partial charge in [0.2, 0.25) is 0 Å². The molecule has 1 aromatic rings. The quantitative estimate of drug-likeness (QED) is 0.739. The van der Waals surface area contributed by atoms with Crippen LogP contribution in [0.2, 0.25) is 0 Å². The fourth-order valence-electron chi connectivity index (χ4n) is 1.45. The molecular formula is C10H12N2O. The van der Waals surface area contributed by atoms with Gasteiger partial charge in [0.15, 0.2) is 0 Å². The first-order chi connectivity index (χ1) is 6.18. The zero-order valence-electron chi connectivity index (χ0n) is 7.58. The molecule has 0 aliphatic heterocycles. The third kappa shape index (κ3) is 1.54. The Kier molecular flexibility index (Phi) is 1.79. The number of aryl methyl sites for hydroxylation is 1. The summed E-state index contributed by atoms with van der Waals surface area (Å²) in [4.78, 5) is 15.3. The van der Waals surface area contributed by atoms with Crippen molar-refractivity contribution < 1.29 is 4.79 Å². The van der Waals surface area contributed by atoms with Crippen LogP contribution >= 0.6 is 0 Å². The van der Waals surface area contributed by atoms with Crippen molar-refractivity contribution in [2.75, 3.05) is 0 Å². The summed E-state index contributed by atoms with van der Waals surface area (Å²) >= 11 is 0. The van der Waals surface area contributed by atoms with Crippen molar-refractivity contribution >= 4 is 5.91 Å². The van der Waals surface area contributed by atoms with E-state index in [2.05, 4.69) is 4.98 Å². The van der Waals surface area contributed by atoms with E-state index in [4.69, 9.17) is 5.73 Å². The number of amides is 1. The maximum atomic E-state index is 10.9. The number of pyridine rings is 1. The Balaban J connectivity index is 2.36. The standard InChI is InChI=1S/C10H12N2O/c1-6-8(10(11)13)4-5-9(12-6)7-2-3-7/h4-5,7H,2-3H2,1H3,(H2,11,13). The number of nitrogens with zero attached hydrogens (tertiary/aromatic N) is 1. The highest BCUT2D eigenvalue weighted by molar-refractivity contribution is 5.93. The number of hydrogen-bond donors (Lipinski definition) is 1. The first-order valence-electron chi connectivity index (χ1n) is 4.46. The number of primary amides is 1. The van der Waals surface area contributed by atoms with Crippen LogP contribution in [-0.4, -0.2) is 10.9 Å². The highest BCUT2D eigenvalue weighted by atomic mass is 16.1. The zero-order chi connectivity index (χ0) is 9.42. The van der Waals surface area contributed by atoms with E-state index < -0.39 is 5.91 Å². The van der Waals surface area contributed by atoms with Gasteiger partial charge in [0.05, 0.1) is 11.3 Å². The van der Waals surface area contributed by atoms with E-state index in [1.54, 1.807) is 6.07 Å². The van der Waals surface area contributed by atoms with Gasteiger partial charge in [0.1, 0.15) is 0 Å². The van der Waals surface area contributed by atoms with Gasteiger partial charge in [-0.05, 0) is 31.9 Å². The number of carbonyl (C=O) groups is 1. The summed E-state index contributed by atoms with van der Waals surface area (Å²) in [5.74, 6) is 0.230. The number of rotatable bonds is 2. The minimum absolute atomic E-state index is 0.396. The molecule has 2 N–H and O–H groups in total. The number of aromatic nitrogens is 1. The molecule has 1 aliphatic rings.